The smallest absolute Gasteiger partial charge is 0.267 e. The highest BCUT2D eigenvalue weighted by molar-refractivity contribution is 7.99. The molecule has 2 heterocycles. The van der Waals surface area contributed by atoms with Crippen molar-refractivity contribution < 1.29 is 4.74 Å². The van der Waals surface area contributed by atoms with Crippen molar-refractivity contribution in [2.75, 3.05) is 12.9 Å². The van der Waals surface area contributed by atoms with Crippen molar-refractivity contribution in [2.24, 2.45) is 5.92 Å². The lowest BCUT2D eigenvalue weighted by atomic mass is 10.2. The first-order valence-corrected chi connectivity index (χ1v) is 10.7. The summed E-state index contributed by atoms with van der Waals surface area (Å²) in [5.74, 6) is 2.67. The third-order valence-electron chi connectivity index (χ3n) is 4.90. The van der Waals surface area contributed by atoms with Gasteiger partial charge in [0.05, 0.1) is 23.7 Å². The van der Waals surface area contributed by atoms with Crippen molar-refractivity contribution in [3.63, 3.8) is 0 Å². The van der Waals surface area contributed by atoms with E-state index in [1.165, 1.54) is 0 Å². The Morgan fingerprint density at radius 3 is 2.69 bits per heavy atom. The van der Waals surface area contributed by atoms with E-state index >= 15 is 0 Å². The number of para-hydroxylation sites is 1. The summed E-state index contributed by atoms with van der Waals surface area (Å²) in [7, 11) is 1.61. The summed E-state index contributed by atoms with van der Waals surface area (Å²) in [6.07, 6.45) is 1.09. The minimum Gasteiger partial charge on any atom is -0.495 e. The van der Waals surface area contributed by atoms with Crippen molar-refractivity contribution in [1.82, 2.24) is 19.2 Å². The van der Waals surface area contributed by atoms with E-state index in [9.17, 15) is 4.79 Å². The van der Waals surface area contributed by atoms with Gasteiger partial charge >= 0.3 is 0 Å². The van der Waals surface area contributed by atoms with Crippen molar-refractivity contribution in [3.05, 3.63) is 58.4 Å². The maximum Gasteiger partial charge on any atom is 0.267 e. The van der Waals surface area contributed by atoms with Crippen LogP contribution in [0, 0.1) is 12.8 Å². The van der Waals surface area contributed by atoms with Gasteiger partial charge in [-0.15, -0.1) is 10.2 Å². The fourth-order valence-electron chi connectivity index (χ4n) is 3.35. The number of aromatic nitrogens is 4. The molecule has 0 aliphatic heterocycles. The molecule has 0 amide bonds. The van der Waals surface area contributed by atoms with Gasteiger partial charge in [-0.3, -0.25) is 9.20 Å². The van der Waals surface area contributed by atoms with Crippen LogP contribution >= 0.6 is 11.8 Å². The molecule has 0 unspecified atom stereocenters. The number of nitrogens with zero attached hydrogens (tertiary/aromatic N) is 4. The van der Waals surface area contributed by atoms with Gasteiger partial charge in [0, 0.05) is 5.75 Å². The second-order valence-electron chi connectivity index (χ2n) is 7.48. The molecule has 4 aromatic rings. The average Bonchev–Trinajstić information content (AvgIpc) is 3.12. The van der Waals surface area contributed by atoms with Gasteiger partial charge in [0.1, 0.15) is 5.75 Å². The molecule has 0 N–H and O–H groups in total. The number of ether oxygens (including phenoxy) is 1. The standard InChI is InChI=1S/C22H24N4O2S/c1-14(2)11-12-29-22-24-23-21-25(18-13-15(3)9-10-19(18)28-4)20(27)16-7-5-6-8-17(16)26(21)22/h5-10,13-14H,11-12H2,1-4H3. The van der Waals surface area contributed by atoms with Gasteiger partial charge in [-0.25, -0.2) is 4.57 Å². The second-order valence-corrected chi connectivity index (χ2v) is 8.54. The van der Waals surface area contributed by atoms with E-state index in [1.807, 2.05) is 53.8 Å². The van der Waals surface area contributed by atoms with Crippen molar-refractivity contribution in [2.45, 2.75) is 32.3 Å². The lowest BCUT2D eigenvalue weighted by Gasteiger charge is -2.14. The van der Waals surface area contributed by atoms with Gasteiger partial charge in [-0.05, 0) is 49.1 Å². The van der Waals surface area contributed by atoms with Crippen LogP contribution in [0.25, 0.3) is 22.4 Å². The van der Waals surface area contributed by atoms with E-state index in [1.54, 1.807) is 23.4 Å². The number of aryl methyl sites for hydroxylation is 1. The molecule has 0 atom stereocenters. The van der Waals surface area contributed by atoms with Gasteiger partial charge in [0.2, 0.25) is 5.78 Å². The summed E-state index contributed by atoms with van der Waals surface area (Å²) in [6, 6.07) is 13.4. The van der Waals surface area contributed by atoms with E-state index in [0.717, 1.165) is 28.4 Å². The number of hydrogen-bond donors (Lipinski definition) is 0. The monoisotopic (exact) mass is 408 g/mol. The maximum absolute atomic E-state index is 13.5. The molecule has 2 aromatic carbocycles. The highest BCUT2D eigenvalue weighted by Gasteiger charge is 2.20. The second kappa shape index (κ2) is 7.91. The molecule has 0 bridgehead atoms. The third kappa shape index (κ3) is 3.51. The molecule has 6 nitrogen and oxygen atoms in total. The van der Waals surface area contributed by atoms with E-state index in [2.05, 4.69) is 24.0 Å². The summed E-state index contributed by atoms with van der Waals surface area (Å²) in [6.45, 7) is 6.41. The lowest BCUT2D eigenvalue weighted by molar-refractivity contribution is 0.412. The zero-order valence-corrected chi connectivity index (χ0v) is 17.9. The summed E-state index contributed by atoms with van der Waals surface area (Å²) >= 11 is 1.67. The highest BCUT2D eigenvalue weighted by atomic mass is 32.2. The molecule has 0 saturated heterocycles. The molecular formula is C22H24N4O2S. The van der Waals surface area contributed by atoms with Crippen LogP contribution in [0.1, 0.15) is 25.8 Å². The number of benzene rings is 2. The SMILES string of the molecule is COc1ccc(C)cc1-n1c(=O)c2ccccc2n2c(SCCC(C)C)nnc12. The number of methoxy groups -OCH3 is 1. The Morgan fingerprint density at radius 2 is 1.93 bits per heavy atom. The summed E-state index contributed by atoms with van der Waals surface area (Å²) < 4.78 is 9.13. The van der Waals surface area contributed by atoms with Gasteiger partial charge in [0.25, 0.3) is 5.56 Å². The van der Waals surface area contributed by atoms with Crippen LogP contribution in [0.2, 0.25) is 0 Å². The minimum atomic E-state index is -0.136. The Labute approximate surface area is 173 Å². The van der Waals surface area contributed by atoms with Crippen molar-refractivity contribution in [3.8, 4) is 11.4 Å². The van der Waals surface area contributed by atoms with Gasteiger partial charge < -0.3 is 4.74 Å². The first kappa shape index (κ1) is 19.5. The quantitative estimate of drug-likeness (QED) is 0.440. The van der Waals surface area contributed by atoms with Gasteiger partial charge in [-0.1, -0.05) is 43.8 Å². The Morgan fingerprint density at radius 1 is 1.14 bits per heavy atom. The third-order valence-corrected chi connectivity index (χ3v) is 5.86. The van der Waals surface area contributed by atoms with Crippen LogP contribution in [0.5, 0.6) is 5.75 Å². The fraction of sp³-hybridized carbons (Fsp3) is 0.318. The molecule has 0 radical (unpaired) electrons. The number of thioether (sulfide) groups is 1. The van der Waals surface area contributed by atoms with E-state index in [-0.39, 0.29) is 5.56 Å². The number of rotatable bonds is 6. The zero-order chi connectivity index (χ0) is 20.5. The molecule has 29 heavy (non-hydrogen) atoms. The van der Waals surface area contributed by atoms with Crippen LogP contribution in [0.3, 0.4) is 0 Å². The van der Waals surface area contributed by atoms with Crippen molar-refractivity contribution >= 4 is 28.4 Å². The summed E-state index contributed by atoms with van der Waals surface area (Å²) in [5, 5.41) is 10.2. The largest absolute Gasteiger partial charge is 0.495 e. The van der Waals surface area contributed by atoms with Crippen molar-refractivity contribution in [1.29, 1.82) is 0 Å². The predicted octanol–water partition coefficient (Wildman–Crippen LogP) is 4.49. The molecule has 0 saturated carbocycles. The predicted molar refractivity (Wildman–Crippen MR) is 118 cm³/mol. The Balaban J connectivity index is 2.03. The van der Waals surface area contributed by atoms with Gasteiger partial charge in [-0.2, -0.15) is 0 Å². The van der Waals surface area contributed by atoms with Crippen LogP contribution in [-0.2, 0) is 0 Å². The first-order valence-electron chi connectivity index (χ1n) is 9.68. The molecule has 4 rings (SSSR count). The van der Waals surface area contributed by atoms with Crippen LogP contribution in [0.15, 0.2) is 52.4 Å². The van der Waals surface area contributed by atoms with Gasteiger partial charge in [0.15, 0.2) is 5.16 Å². The highest BCUT2D eigenvalue weighted by Crippen LogP contribution is 2.28. The van der Waals surface area contributed by atoms with Crippen LogP contribution in [-0.4, -0.2) is 32.0 Å². The molecule has 0 spiro atoms. The molecule has 0 fully saturated rings. The van der Waals surface area contributed by atoms with E-state index in [0.29, 0.717) is 28.5 Å². The zero-order valence-electron chi connectivity index (χ0n) is 17.0. The summed E-state index contributed by atoms with van der Waals surface area (Å²) in [5.41, 5.74) is 2.37. The van der Waals surface area contributed by atoms with E-state index in [4.69, 9.17) is 4.74 Å². The lowest BCUT2D eigenvalue weighted by Crippen LogP contribution is -2.22. The molecule has 0 aliphatic carbocycles. The number of hydrogen-bond acceptors (Lipinski definition) is 5. The average molecular weight is 409 g/mol. The number of fused-ring (bicyclic) bond motifs is 3. The Bertz CT molecular complexity index is 1240. The Kier molecular flexibility index (Phi) is 5.32. The van der Waals surface area contributed by atoms with Crippen LogP contribution in [0.4, 0.5) is 0 Å². The van der Waals surface area contributed by atoms with E-state index < -0.39 is 0 Å². The molecule has 7 heteroatoms. The fourth-order valence-corrected chi connectivity index (χ4v) is 4.53. The minimum absolute atomic E-state index is 0.136. The first-order chi connectivity index (χ1) is 14.0. The topological polar surface area (TPSA) is 61.4 Å². The Hall–Kier alpha value is -2.80. The molecule has 0 aliphatic rings. The summed E-state index contributed by atoms with van der Waals surface area (Å²) in [4.78, 5) is 13.5. The normalized spacial score (nSPS) is 11.6. The van der Waals surface area contributed by atoms with Crippen LogP contribution < -0.4 is 10.3 Å². The maximum atomic E-state index is 13.5. The molecular weight excluding hydrogens is 384 g/mol. The molecule has 150 valence electrons. The molecule has 2 aromatic heterocycles.